The number of alkyl halides is 3. The highest BCUT2D eigenvalue weighted by atomic mass is 19.4. The van der Waals surface area contributed by atoms with E-state index in [0.29, 0.717) is 35.8 Å². The van der Waals surface area contributed by atoms with Crippen LogP contribution in [-0.2, 0) is 25.2 Å². The number of para-hydroxylation sites is 1. The molecule has 4 rings (SSSR count). The highest BCUT2D eigenvalue weighted by molar-refractivity contribution is 6.16. The average molecular weight is 489 g/mol. The van der Waals surface area contributed by atoms with Gasteiger partial charge in [0.15, 0.2) is 0 Å². The summed E-state index contributed by atoms with van der Waals surface area (Å²) in [6.45, 7) is 6.02. The number of halogens is 3. The number of aryl methyl sites for hydroxylation is 1. The number of allylic oxidation sites excluding steroid dienone is 1. The molecule has 0 unspecified atom stereocenters. The first-order valence-corrected chi connectivity index (χ1v) is 11.3. The average Bonchev–Trinajstić information content (AvgIpc) is 3.48. The van der Waals surface area contributed by atoms with Crippen LogP contribution in [0.4, 0.5) is 13.2 Å². The van der Waals surface area contributed by atoms with Gasteiger partial charge < -0.3 is 18.9 Å². The smallest absolute Gasteiger partial charge is 0.418 e. The van der Waals surface area contributed by atoms with E-state index in [2.05, 4.69) is 0 Å². The number of amides is 1. The molecule has 1 amide bonds. The normalized spacial score (nSPS) is 19.9. The van der Waals surface area contributed by atoms with Crippen molar-refractivity contribution >= 4 is 18.0 Å². The molecule has 0 spiro atoms. The van der Waals surface area contributed by atoms with Crippen LogP contribution in [0, 0.1) is 13.8 Å². The van der Waals surface area contributed by atoms with Crippen LogP contribution in [0.1, 0.15) is 42.3 Å². The van der Waals surface area contributed by atoms with Gasteiger partial charge in [-0.05, 0) is 63.5 Å². The first kappa shape index (κ1) is 24.8. The van der Waals surface area contributed by atoms with E-state index in [4.69, 9.17) is 9.47 Å². The van der Waals surface area contributed by atoms with Crippen molar-refractivity contribution in [2.75, 3.05) is 20.3 Å². The quantitative estimate of drug-likeness (QED) is 0.441. The molecule has 6 nitrogen and oxygen atoms in total. The number of methoxy groups -OCH3 is 1. The van der Waals surface area contributed by atoms with E-state index in [9.17, 15) is 22.8 Å². The van der Waals surface area contributed by atoms with Crippen molar-refractivity contribution in [1.29, 1.82) is 0 Å². The number of ether oxygens (including phenoxy) is 2. The number of rotatable bonds is 5. The molecule has 1 aromatic heterocycles. The zero-order chi connectivity index (χ0) is 25.5. The molecule has 0 aliphatic carbocycles. The number of carbonyl (C=O) groups excluding carboxylic acids is 2. The van der Waals surface area contributed by atoms with Crippen molar-refractivity contribution in [2.45, 2.75) is 45.9 Å². The van der Waals surface area contributed by atoms with Crippen molar-refractivity contribution in [3.63, 3.8) is 0 Å². The number of esters is 1. The van der Waals surface area contributed by atoms with Gasteiger partial charge in [-0.25, -0.2) is 4.79 Å². The van der Waals surface area contributed by atoms with Gasteiger partial charge in [0.25, 0.3) is 5.91 Å². The molecule has 1 aromatic carbocycles. The van der Waals surface area contributed by atoms with Gasteiger partial charge in [0, 0.05) is 23.7 Å². The summed E-state index contributed by atoms with van der Waals surface area (Å²) in [5.41, 5.74) is 1.62. The van der Waals surface area contributed by atoms with Gasteiger partial charge in [0.1, 0.15) is 0 Å². The first-order valence-electron chi connectivity index (χ1n) is 11.3. The maximum absolute atomic E-state index is 13.7. The largest absolute Gasteiger partial charge is 0.465 e. The summed E-state index contributed by atoms with van der Waals surface area (Å²) in [5, 5.41) is 0. The van der Waals surface area contributed by atoms with Crippen LogP contribution in [0.5, 0.6) is 0 Å². The fraction of sp³-hybridized carbons (Fsp3) is 0.385. The molecular formula is C26H27F3N2O4. The van der Waals surface area contributed by atoms with E-state index in [1.165, 1.54) is 28.7 Å². The lowest BCUT2D eigenvalue weighted by molar-refractivity contribution is -0.137. The van der Waals surface area contributed by atoms with Crippen LogP contribution in [0.2, 0.25) is 0 Å². The molecule has 2 aromatic rings. The second-order valence-electron chi connectivity index (χ2n) is 8.74. The van der Waals surface area contributed by atoms with Gasteiger partial charge in [0.05, 0.1) is 42.2 Å². The minimum atomic E-state index is -4.53. The lowest BCUT2D eigenvalue weighted by Crippen LogP contribution is -2.33. The van der Waals surface area contributed by atoms with Crippen molar-refractivity contribution in [3.8, 4) is 5.69 Å². The van der Waals surface area contributed by atoms with Crippen LogP contribution >= 0.6 is 0 Å². The summed E-state index contributed by atoms with van der Waals surface area (Å²) < 4.78 is 53.1. The highest BCUT2D eigenvalue weighted by Gasteiger charge is 2.39. The number of hydrogen-bond acceptors (Lipinski definition) is 4. The van der Waals surface area contributed by atoms with Gasteiger partial charge in [-0.3, -0.25) is 4.79 Å². The molecule has 3 heterocycles. The number of nitrogens with zero attached hydrogens (tertiary/aromatic N) is 2. The molecule has 1 atom stereocenters. The molecule has 186 valence electrons. The second-order valence-corrected chi connectivity index (χ2v) is 8.74. The lowest BCUT2D eigenvalue weighted by atomic mass is 10.0. The summed E-state index contributed by atoms with van der Waals surface area (Å²) in [7, 11) is 1.24. The first-order chi connectivity index (χ1) is 16.5. The van der Waals surface area contributed by atoms with Gasteiger partial charge in [-0.1, -0.05) is 12.1 Å². The summed E-state index contributed by atoms with van der Waals surface area (Å²) in [6, 6.07) is 7.05. The van der Waals surface area contributed by atoms with E-state index in [1.807, 2.05) is 0 Å². The van der Waals surface area contributed by atoms with Crippen molar-refractivity contribution in [3.05, 3.63) is 69.7 Å². The van der Waals surface area contributed by atoms with Gasteiger partial charge in [0.2, 0.25) is 0 Å². The summed E-state index contributed by atoms with van der Waals surface area (Å²) >= 11 is 0. The van der Waals surface area contributed by atoms with Crippen LogP contribution in [0.15, 0.2) is 47.2 Å². The van der Waals surface area contributed by atoms with Gasteiger partial charge in [-0.2, -0.15) is 13.2 Å². The van der Waals surface area contributed by atoms with E-state index in [1.54, 1.807) is 39.0 Å². The summed E-state index contributed by atoms with van der Waals surface area (Å²) in [5.74, 6) is -1.01. The molecular weight excluding hydrogens is 461 g/mol. The molecule has 9 heteroatoms. The van der Waals surface area contributed by atoms with Crippen LogP contribution in [-0.4, -0.2) is 47.7 Å². The van der Waals surface area contributed by atoms with E-state index < -0.39 is 17.7 Å². The lowest BCUT2D eigenvalue weighted by Gasteiger charge is -2.21. The Balaban J connectivity index is 1.79. The maximum Gasteiger partial charge on any atom is 0.418 e. The third-order valence-corrected chi connectivity index (χ3v) is 6.53. The predicted octanol–water partition coefficient (Wildman–Crippen LogP) is 4.96. The zero-order valence-electron chi connectivity index (χ0n) is 20.0. The molecule has 2 aliphatic rings. The SMILES string of the molecule is COC(=O)C1=C(C)N(C[C@H]2CCCO2)C(=O)/C1=C\c1cc(C)n(-c2ccccc2C(F)(F)F)c1C. The van der Waals surface area contributed by atoms with Crippen LogP contribution in [0.25, 0.3) is 11.8 Å². The summed E-state index contributed by atoms with van der Waals surface area (Å²) in [6.07, 6.45) is -1.35. The standard InChI is InChI=1S/C26H27F3N2O4/c1-15-12-18(16(2)31(15)22-10-6-5-9-21(22)26(27,28)29)13-20-23(25(33)34-4)17(3)30(24(20)32)14-19-8-7-11-35-19/h5-6,9-10,12-13,19H,7-8,11,14H2,1-4H3/b20-13-/t19-/m1/s1. The third kappa shape index (κ3) is 4.52. The molecule has 2 aliphatic heterocycles. The number of carbonyl (C=O) groups is 2. The van der Waals surface area contributed by atoms with E-state index in [0.717, 1.165) is 18.9 Å². The number of aromatic nitrogens is 1. The zero-order valence-corrected chi connectivity index (χ0v) is 20.0. The Bertz CT molecular complexity index is 1230. The molecule has 0 N–H and O–H groups in total. The van der Waals surface area contributed by atoms with E-state index >= 15 is 0 Å². The number of benzene rings is 1. The third-order valence-electron chi connectivity index (χ3n) is 6.53. The van der Waals surface area contributed by atoms with Gasteiger partial charge in [-0.15, -0.1) is 0 Å². The Hall–Kier alpha value is -3.33. The molecule has 1 fully saturated rings. The van der Waals surface area contributed by atoms with E-state index in [-0.39, 0.29) is 28.8 Å². The van der Waals surface area contributed by atoms with Crippen molar-refractivity contribution in [2.24, 2.45) is 0 Å². The molecule has 35 heavy (non-hydrogen) atoms. The predicted molar refractivity (Wildman–Crippen MR) is 124 cm³/mol. The molecule has 0 saturated carbocycles. The minimum Gasteiger partial charge on any atom is -0.465 e. The van der Waals surface area contributed by atoms with Crippen LogP contribution < -0.4 is 0 Å². The second kappa shape index (κ2) is 9.37. The van der Waals surface area contributed by atoms with Gasteiger partial charge >= 0.3 is 12.1 Å². The monoisotopic (exact) mass is 488 g/mol. The minimum absolute atomic E-state index is 0.00248. The fourth-order valence-electron chi connectivity index (χ4n) is 4.81. The Morgan fingerprint density at radius 2 is 1.94 bits per heavy atom. The Morgan fingerprint density at radius 1 is 1.23 bits per heavy atom. The van der Waals surface area contributed by atoms with Crippen molar-refractivity contribution < 1.29 is 32.2 Å². The Kier molecular flexibility index (Phi) is 6.64. The summed E-state index contributed by atoms with van der Waals surface area (Å²) in [4.78, 5) is 27.5. The Labute approximate surface area is 201 Å². The maximum atomic E-state index is 13.7. The molecule has 1 saturated heterocycles. The fourth-order valence-corrected chi connectivity index (χ4v) is 4.81. The number of hydrogen-bond donors (Lipinski definition) is 0. The Morgan fingerprint density at radius 3 is 2.57 bits per heavy atom. The molecule has 0 radical (unpaired) electrons. The highest BCUT2D eigenvalue weighted by Crippen LogP contribution is 2.37. The van der Waals surface area contributed by atoms with Crippen molar-refractivity contribution in [1.82, 2.24) is 9.47 Å². The topological polar surface area (TPSA) is 60.8 Å². The molecule has 0 bridgehead atoms. The van der Waals surface area contributed by atoms with Crippen LogP contribution in [0.3, 0.4) is 0 Å².